The van der Waals surface area contributed by atoms with Gasteiger partial charge in [-0.15, -0.1) is 0 Å². The molecule has 0 atom stereocenters. The van der Waals surface area contributed by atoms with Gasteiger partial charge in [0.25, 0.3) is 0 Å². The lowest BCUT2D eigenvalue weighted by atomic mass is 9.55. The van der Waals surface area contributed by atoms with Gasteiger partial charge in [-0.3, -0.25) is 0 Å². The second-order valence-corrected chi connectivity index (χ2v) is 16.9. The number of aromatic nitrogens is 1. The van der Waals surface area contributed by atoms with Crippen molar-refractivity contribution in [1.29, 1.82) is 0 Å². The van der Waals surface area contributed by atoms with Gasteiger partial charge >= 0.3 is 6.92 Å². The molecule has 0 amide bonds. The normalized spacial score (nSPS) is 13.8. The maximum atomic E-state index is 6.48. The lowest BCUT2D eigenvalue weighted by molar-refractivity contribution is 0.337. The molecule has 0 spiro atoms. The van der Waals surface area contributed by atoms with E-state index in [1.54, 1.807) is 0 Å². The molecule has 12 rings (SSSR count). The average Bonchev–Trinajstić information content (AvgIpc) is 3.95. The first-order valence-corrected chi connectivity index (χ1v) is 21.0. The van der Waals surface area contributed by atoms with E-state index in [1.165, 1.54) is 82.4 Å². The molecule has 10 aromatic rings. The molecule has 1 aliphatic carbocycles. The van der Waals surface area contributed by atoms with Crippen molar-refractivity contribution in [3.05, 3.63) is 217 Å². The minimum absolute atomic E-state index is 0.0983. The molecule has 0 unspecified atom stereocenters. The Labute approximate surface area is 350 Å². The topological polar surface area (TPSA) is 17.4 Å². The third-order valence-corrected chi connectivity index (χ3v) is 13.1. The molecule has 1 aliphatic heterocycles. The summed E-state index contributed by atoms with van der Waals surface area (Å²) in [6.45, 7) is 5.28. The summed E-state index contributed by atoms with van der Waals surface area (Å²) in [6, 6.07) is 73.6. The predicted molar refractivity (Wildman–Crippen MR) is 252 cm³/mol. The minimum Gasteiger partial charge on any atom is -0.423 e. The Kier molecular flexibility index (Phi) is 7.82. The van der Waals surface area contributed by atoms with Crippen molar-refractivity contribution in [2.45, 2.75) is 25.9 Å². The third-order valence-electron chi connectivity index (χ3n) is 13.1. The van der Waals surface area contributed by atoms with Crippen molar-refractivity contribution in [3.8, 4) is 27.9 Å². The lowest BCUT2D eigenvalue weighted by Gasteiger charge is -2.30. The van der Waals surface area contributed by atoms with Crippen LogP contribution >= 0.6 is 0 Å². The van der Waals surface area contributed by atoms with E-state index < -0.39 is 0 Å². The monoisotopic (exact) mass is 768 g/mol. The zero-order chi connectivity index (χ0) is 40.0. The highest BCUT2D eigenvalue weighted by molar-refractivity contribution is 6.81. The van der Waals surface area contributed by atoms with E-state index in [0.717, 1.165) is 22.7 Å². The van der Waals surface area contributed by atoms with Gasteiger partial charge in [0, 0.05) is 38.9 Å². The van der Waals surface area contributed by atoms with E-state index in [4.69, 9.17) is 4.65 Å². The Balaban J connectivity index is 1.11. The lowest BCUT2D eigenvalue weighted by Crippen LogP contribution is -2.41. The minimum atomic E-state index is -0.219. The summed E-state index contributed by atoms with van der Waals surface area (Å²) in [4.78, 5) is 2.47. The van der Waals surface area contributed by atoms with Crippen molar-refractivity contribution in [3.63, 3.8) is 0 Å². The SMILES string of the molecule is CC1(C)c2ccccc2-c2c(-c3ccc4c(c3)B(c3ccccc3)OC4)cc(N(c3cccc(-n4c5ccccc5c5ccccc54)c3)c3ccc4ccccc4c3)cc21. The van der Waals surface area contributed by atoms with Crippen LogP contribution in [0.4, 0.5) is 17.1 Å². The number of anilines is 3. The van der Waals surface area contributed by atoms with E-state index in [-0.39, 0.29) is 12.3 Å². The van der Waals surface area contributed by atoms with Crippen LogP contribution in [0, 0.1) is 0 Å². The second kappa shape index (κ2) is 13.5. The number of benzene rings is 9. The van der Waals surface area contributed by atoms with Gasteiger partial charge in [-0.1, -0.05) is 159 Å². The van der Waals surface area contributed by atoms with Crippen LogP contribution in [0.25, 0.3) is 60.5 Å². The van der Waals surface area contributed by atoms with E-state index >= 15 is 0 Å². The van der Waals surface area contributed by atoms with Crippen LogP contribution in [0.15, 0.2) is 200 Å². The number of rotatable bonds is 6. The van der Waals surface area contributed by atoms with Crippen LogP contribution in [0.5, 0.6) is 0 Å². The summed E-state index contributed by atoms with van der Waals surface area (Å²) in [5, 5.41) is 4.94. The molecule has 60 heavy (non-hydrogen) atoms. The van der Waals surface area contributed by atoms with Crippen molar-refractivity contribution < 1.29 is 4.65 Å². The number of hydrogen-bond acceptors (Lipinski definition) is 2. The number of para-hydroxylation sites is 2. The van der Waals surface area contributed by atoms with Crippen LogP contribution in [0.1, 0.15) is 30.5 Å². The molecule has 9 aromatic carbocycles. The fourth-order valence-corrected chi connectivity index (χ4v) is 10.2. The molecule has 0 saturated carbocycles. The average molecular weight is 769 g/mol. The summed E-state index contributed by atoms with van der Waals surface area (Å²) in [6.07, 6.45) is 0. The van der Waals surface area contributed by atoms with E-state index in [0.29, 0.717) is 6.61 Å². The van der Waals surface area contributed by atoms with Gasteiger partial charge in [0.05, 0.1) is 17.6 Å². The van der Waals surface area contributed by atoms with Crippen LogP contribution in [-0.4, -0.2) is 11.5 Å². The summed E-state index contributed by atoms with van der Waals surface area (Å²) >= 11 is 0. The predicted octanol–water partition coefficient (Wildman–Crippen LogP) is 13.0. The largest absolute Gasteiger partial charge is 0.423 e. The van der Waals surface area contributed by atoms with E-state index in [1.807, 2.05) is 0 Å². The standard InChI is InChI=1S/C56H41BN2O/c1-56(2)50-24-11-8-23-48(50)55-49(39-27-28-40-36-60-57(52(40)32-39)41-17-4-3-5-18-41)34-45(35-51(55)56)58(44-30-29-37-15-6-7-16-38(37)31-44)42-19-14-20-43(33-42)59-53-25-12-9-21-46(53)47-22-10-13-26-54(47)59/h3-35H,36H2,1-2H3. The molecule has 0 bridgehead atoms. The van der Waals surface area contributed by atoms with Crippen LogP contribution in [0.2, 0.25) is 0 Å². The Bertz CT molecular complexity index is 3270. The first-order chi connectivity index (χ1) is 29.5. The van der Waals surface area contributed by atoms with Crippen LogP contribution in [-0.2, 0) is 16.7 Å². The number of fused-ring (bicyclic) bond motifs is 8. The fourth-order valence-electron chi connectivity index (χ4n) is 10.2. The number of nitrogens with zero attached hydrogens (tertiary/aromatic N) is 2. The maximum Gasteiger partial charge on any atom is 0.362 e. The molecule has 284 valence electrons. The van der Waals surface area contributed by atoms with Crippen molar-refractivity contribution in [2.75, 3.05) is 4.90 Å². The molecular weight excluding hydrogens is 727 g/mol. The molecule has 3 nitrogen and oxygen atoms in total. The highest BCUT2D eigenvalue weighted by Crippen LogP contribution is 2.54. The highest BCUT2D eigenvalue weighted by Gasteiger charge is 2.38. The van der Waals surface area contributed by atoms with Crippen molar-refractivity contribution in [2.24, 2.45) is 0 Å². The van der Waals surface area contributed by atoms with Crippen molar-refractivity contribution >= 4 is 67.5 Å². The zero-order valence-corrected chi connectivity index (χ0v) is 33.6. The van der Waals surface area contributed by atoms with Crippen LogP contribution < -0.4 is 15.8 Å². The molecule has 0 fully saturated rings. The third kappa shape index (κ3) is 5.34. The summed E-state index contributed by atoms with van der Waals surface area (Å²) in [5.41, 5.74) is 18.0. The molecule has 0 saturated heterocycles. The molecule has 4 heteroatoms. The van der Waals surface area contributed by atoms with Gasteiger partial charge in [-0.25, -0.2) is 0 Å². The maximum absolute atomic E-state index is 6.48. The molecule has 2 aliphatic rings. The van der Waals surface area contributed by atoms with Gasteiger partial charge < -0.3 is 14.1 Å². The van der Waals surface area contributed by atoms with Crippen molar-refractivity contribution in [1.82, 2.24) is 4.57 Å². The van der Waals surface area contributed by atoms with Gasteiger partial charge in [-0.2, -0.15) is 0 Å². The van der Waals surface area contributed by atoms with Gasteiger partial charge in [0.2, 0.25) is 0 Å². The molecule has 1 aromatic heterocycles. The van der Waals surface area contributed by atoms with Gasteiger partial charge in [0.1, 0.15) is 0 Å². The highest BCUT2D eigenvalue weighted by atomic mass is 16.4. The number of hydrogen-bond donors (Lipinski definition) is 0. The first-order valence-electron chi connectivity index (χ1n) is 21.0. The molecule has 0 N–H and O–H groups in total. The molecular formula is C56H41BN2O. The van der Waals surface area contributed by atoms with Crippen LogP contribution in [0.3, 0.4) is 0 Å². The molecule has 2 heterocycles. The Hall–Kier alpha value is -7.14. The van der Waals surface area contributed by atoms with E-state index in [2.05, 4.69) is 224 Å². The quantitative estimate of drug-likeness (QED) is 0.157. The van der Waals surface area contributed by atoms with E-state index in [9.17, 15) is 0 Å². The first kappa shape index (κ1) is 34.9. The summed E-state index contributed by atoms with van der Waals surface area (Å²) < 4.78 is 8.89. The Morgan fingerprint density at radius 1 is 0.517 bits per heavy atom. The summed E-state index contributed by atoms with van der Waals surface area (Å²) in [7, 11) is 0. The zero-order valence-electron chi connectivity index (χ0n) is 33.6. The smallest absolute Gasteiger partial charge is 0.362 e. The second-order valence-electron chi connectivity index (χ2n) is 16.9. The Morgan fingerprint density at radius 3 is 2.03 bits per heavy atom. The summed E-state index contributed by atoms with van der Waals surface area (Å²) in [5.74, 6) is 0. The van der Waals surface area contributed by atoms with Gasteiger partial charge in [-0.05, 0) is 115 Å². The Morgan fingerprint density at radius 2 is 1.22 bits per heavy atom. The van der Waals surface area contributed by atoms with Gasteiger partial charge in [0.15, 0.2) is 0 Å². The fraction of sp³-hybridized carbons (Fsp3) is 0.0714. The molecule has 0 radical (unpaired) electrons.